The van der Waals surface area contributed by atoms with Crippen LogP contribution < -0.4 is 10.1 Å². The van der Waals surface area contributed by atoms with Gasteiger partial charge < -0.3 is 10.1 Å². The molecule has 0 fully saturated rings. The Morgan fingerprint density at radius 2 is 2.31 bits per heavy atom. The van der Waals surface area contributed by atoms with E-state index in [9.17, 15) is 0 Å². The number of unbranched alkanes of at least 4 members (excludes halogenated alkanes) is 1. The lowest BCUT2D eigenvalue weighted by molar-refractivity contribution is 0.340. The third-order valence-corrected chi connectivity index (χ3v) is 2.18. The van der Waals surface area contributed by atoms with Crippen LogP contribution in [0.25, 0.3) is 0 Å². The van der Waals surface area contributed by atoms with Crippen LogP contribution in [0.1, 0.15) is 25.3 Å². The number of ether oxygens (including phenoxy) is 1. The van der Waals surface area contributed by atoms with Gasteiger partial charge in [0.15, 0.2) is 0 Å². The van der Waals surface area contributed by atoms with Crippen LogP contribution in [0.2, 0.25) is 0 Å². The van der Waals surface area contributed by atoms with E-state index in [0.717, 1.165) is 25.3 Å². The van der Waals surface area contributed by atoms with Gasteiger partial charge in [0.05, 0.1) is 12.7 Å². The summed E-state index contributed by atoms with van der Waals surface area (Å²) in [5.74, 6) is 0.916. The molecule has 0 bridgehead atoms. The SMILES string of the molecule is CCOc1cccc(CNCCCC#N)c1. The van der Waals surface area contributed by atoms with Gasteiger partial charge >= 0.3 is 0 Å². The van der Waals surface area contributed by atoms with Gasteiger partial charge in [-0.3, -0.25) is 0 Å². The zero-order chi connectivity index (χ0) is 11.6. The quantitative estimate of drug-likeness (QED) is 0.715. The highest BCUT2D eigenvalue weighted by Crippen LogP contribution is 2.12. The summed E-state index contributed by atoms with van der Waals surface area (Å²) in [6.45, 7) is 4.38. The van der Waals surface area contributed by atoms with Crippen LogP contribution in [0.15, 0.2) is 24.3 Å². The highest BCUT2D eigenvalue weighted by Gasteiger charge is 1.95. The summed E-state index contributed by atoms with van der Waals surface area (Å²) in [6.07, 6.45) is 1.52. The van der Waals surface area contributed by atoms with E-state index >= 15 is 0 Å². The van der Waals surface area contributed by atoms with Gasteiger partial charge in [0.1, 0.15) is 5.75 Å². The van der Waals surface area contributed by atoms with Crippen molar-refractivity contribution in [3.8, 4) is 11.8 Å². The van der Waals surface area contributed by atoms with Crippen molar-refractivity contribution < 1.29 is 4.74 Å². The lowest BCUT2D eigenvalue weighted by Crippen LogP contribution is -2.14. The number of nitrogens with zero attached hydrogens (tertiary/aromatic N) is 1. The standard InChI is InChI=1S/C13H18N2O/c1-2-16-13-7-5-6-12(10-13)11-15-9-4-3-8-14/h5-7,10,15H,2-4,9,11H2,1H3. The first-order chi connectivity index (χ1) is 7.86. The molecular formula is C13H18N2O. The molecule has 1 rings (SSSR count). The molecule has 16 heavy (non-hydrogen) atoms. The molecule has 0 saturated heterocycles. The van der Waals surface area contributed by atoms with Crippen molar-refractivity contribution in [2.24, 2.45) is 0 Å². The van der Waals surface area contributed by atoms with E-state index in [1.165, 1.54) is 5.56 Å². The van der Waals surface area contributed by atoms with Gasteiger partial charge in [-0.15, -0.1) is 0 Å². The minimum absolute atomic E-state index is 0.617. The normalized spacial score (nSPS) is 9.75. The predicted molar refractivity (Wildman–Crippen MR) is 64.2 cm³/mol. The first-order valence-electron chi connectivity index (χ1n) is 5.66. The van der Waals surface area contributed by atoms with Gasteiger partial charge in [0.2, 0.25) is 0 Å². The van der Waals surface area contributed by atoms with Crippen LogP contribution in [0.3, 0.4) is 0 Å². The maximum atomic E-state index is 8.38. The molecule has 0 aliphatic heterocycles. The maximum absolute atomic E-state index is 8.38. The van der Waals surface area contributed by atoms with Crippen LogP contribution in [-0.2, 0) is 6.54 Å². The molecule has 3 nitrogen and oxygen atoms in total. The van der Waals surface area contributed by atoms with E-state index in [2.05, 4.69) is 17.5 Å². The highest BCUT2D eigenvalue weighted by molar-refractivity contribution is 5.28. The van der Waals surface area contributed by atoms with Crippen LogP contribution in [-0.4, -0.2) is 13.2 Å². The van der Waals surface area contributed by atoms with E-state index in [4.69, 9.17) is 10.00 Å². The monoisotopic (exact) mass is 218 g/mol. The van der Waals surface area contributed by atoms with E-state index in [0.29, 0.717) is 13.0 Å². The second kappa shape index (κ2) is 7.72. The molecule has 0 aliphatic carbocycles. The van der Waals surface area contributed by atoms with Crippen LogP contribution in [0, 0.1) is 11.3 Å². The summed E-state index contributed by atoms with van der Waals surface area (Å²) >= 11 is 0. The van der Waals surface area contributed by atoms with Crippen molar-refractivity contribution in [3.63, 3.8) is 0 Å². The summed E-state index contributed by atoms with van der Waals surface area (Å²) in [5.41, 5.74) is 1.21. The lowest BCUT2D eigenvalue weighted by Gasteiger charge is -2.06. The minimum Gasteiger partial charge on any atom is -0.494 e. The Kier molecular flexibility index (Phi) is 6.05. The fourth-order valence-electron chi connectivity index (χ4n) is 1.44. The second-order valence-corrected chi connectivity index (χ2v) is 3.52. The minimum atomic E-state index is 0.617. The van der Waals surface area contributed by atoms with Crippen LogP contribution >= 0.6 is 0 Å². The van der Waals surface area contributed by atoms with Crippen molar-refractivity contribution >= 4 is 0 Å². The number of nitriles is 1. The van der Waals surface area contributed by atoms with Crippen molar-refractivity contribution in [2.75, 3.05) is 13.2 Å². The molecule has 0 spiro atoms. The summed E-state index contributed by atoms with van der Waals surface area (Å²) in [7, 11) is 0. The summed E-state index contributed by atoms with van der Waals surface area (Å²) in [5, 5.41) is 11.7. The Balaban J connectivity index is 2.30. The van der Waals surface area contributed by atoms with Gasteiger partial charge in [-0.05, 0) is 37.6 Å². The Morgan fingerprint density at radius 3 is 3.06 bits per heavy atom. The Morgan fingerprint density at radius 1 is 1.44 bits per heavy atom. The smallest absolute Gasteiger partial charge is 0.119 e. The Hall–Kier alpha value is -1.53. The first-order valence-corrected chi connectivity index (χ1v) is 5.66. The molecule has 1 aromatic carbocycles. The average molecular weight is 218 g/mol. The fourth-order valence-corrected chi connectivity index (χ4v) is 1.44. The Labute approximate surface area is 97.0 Å². The zero-order valence-electron chi connectivity index (χ0n) is 9.70. The van der Waals surface area contributed by atoms with Crippen molar-refractivity contribution in [3.05, 3.63) is 29.8 Å². The van der Waals surface area contributed by atoms with E-state index < -0.39 is 0 Å². The van der Waals surface area contributed by atoms with E-state index in [1.807, 2.05) is 25.1 Å². The zero-order valence-corrected chi connectivity index (χ0v) is 9.70. The van der Waals surface area contributed by atoms with Crippen LogP contribution in [0.5, 0.6) is 5.75 Å². The Bertz CT molecular complexity index is 344. The molecule has 0 radical (unpaired) electrons. The van der Waals surface area contributed by atoms with Gasteiger partial charge in [-0.25, -0.2) is 0 Å². The molecule has 1 aromatic rings. The van der Waals surface area contributed by atoms with E-state index in [-0.39, 0.29) is 0 Å². The lowest BCUT2D eigenvalue weighted by atomic mass is 10.2. The maximum Gasteiger partial charge on any atom is 0.119 e. The van der Waals surface area contributed by atoms with Crippen molar-refractivity contribution in [1.29, 1.82) is 5.26 Å². The third kappa shape index (κ3) is 4.81. The highest BCUT2D eigenvalue weighted by atomic mass is 16.5. The largest absolute Gasteiger partial charge is 0.494 e. The number of benzene rings is 1. The molecule has 3 heteroatoms. The van der Waals surface area contributed by atoms with Gasteiger partial charge in [0, 0.05) is 13.0 Å². The molecule has 0 unspecified atom stereocenters. The van der Waals surface area contributed by atoms with Crippen molar-refractivity contribution in [1.82, 2.24) is 5.32 Å². The summed E-state index contributed by atoms with van der Waals surface area (Å²) < 4.78 is 5.42. The average Bonchev–Trinajstić information content (AvgIpc) is 2.30. The third-order valence-electron chi connectivity index (χ3n) is 2.18. The molecule has 1 N–H and O–H groups in total. The molecule has 0 amide bonds. The number of hydrogen-bond donors (Lipinski definition) is 1. The number of rotatable bonds is 7. The molecule has 86 valence electrons. The molecule has 0 saturated carbocycles. The summed E-state index contributed by atoms with van der Waals surface area (Å²) in [4.78, 5) is 0. The number of nitrogens with one attached hydrogen (secondary N) is 1. The predicted octanol–water partition coefficient (Wildman–Crippen LogP) is 2.48. The van der Waals surface area contributed by atoms with E-state index in [1.54, 1.807) is 0 Å². The molecule has 0 atom stereocenters. The van der Waals surface area contributed by atoms with Gasteiger partial charge in [-0.1, -0.05) is 12.1 Å². The summed E-state index contributed by atoms with van der Waals surface area (Å²) in [6, 6.07) is 10.2. The van der Waals surface area contributed by atoms with Gasteiger partial charge in [-0.2, -0.15) is 5.26 Å². The molecule has 0 heterocycles. The molecular weight excluding hydrogens is 200 g/mol. The fraction of sp³-hybridized carbons (Fsp3) is 0.462. The second-order valence-electron chi connectivity index (χ2n) is 3.52. The molecule has 0 aliphatic rings. The first kappa shape index (κ1) is 12.5. The topological polar surface area (TPSA) is 45.0 Å². The van der Waals surface area contributed by atoms with Gasteiger partial charge in [0.25, 0.3) is 0 Å². The van der Waals surface area contributed by atoms with Crippen molar-refractivity contribution in [2.45, 2.75) is 26.3 Å². The number of hydrogen-bond acceptors (Lipinski definition) is 3. The molecule has 0 aromatic heterocycles. The van der Waals surface area contributed by atoms with Crippen LogP contribution in [0.4, 0.5) is 0 Å².